The van der Waals surface area contributed by atoms with Crippen LogP contribution in [0.4, 0.5) is 21.0 Å². The highest BCUT2D eigenvalue weighted by atomic mass is 16.6. The summed E-state index contributed by atoms with van der Waals surface area (Å²) in [4.78, 5) is 32.0. The van der Waals surface area contributed by atoms with Crippen LogP contribution in [0, 0.1) is 5.92 Å². The van der Waals surface area contributed by atoms with E-state index in [1.165, 1.54) is 6.39 Å². The Morgan fingerprint density at radius 3 is 2.32 bits per heavy atom. The predicted molar refractivity (Wildman–Crippen MR) is 172 cm³/mol. The van der Waals surface area contributed by atoms with Gasteiger partial charge in [0, 0.05) is 43.1 Å². The number of benzene rings is 3. The maximum absolute atomic E-state index is 12.9. The van der Waals surface area contributed by atoms with Crippen molar-refractivity contribution in [2.45, 2.75) is 46.4 Å². The van der Waals surface area contributed by atoms with Gasteiger partial charge in [-0.15, -0.1) is 0 Å². The number of nitrogens with zero attached hydrogens (tertiary/aromatic N) is 2. The van der Waals surface area contributed by atoms with Crippen molar-refractivity contribution in [3.05, 3.63) is 96.5 Å². The van der Waals surface area contributed by atoms with E-state index in [4.69, 9.17) is 13.9 Å². The Morgan fingerprint density at radius 2 is 1.66 bits per heavy atom. The van der Waals surface area contributed by atoms with Gasteiger partial charge < -0.3 is 29.8 Å². The summed E-state index contributed by atoms with van der Waals surface area (Å²) < 4.78 is 16.8. The minimum absolute atomic E-state index is 0.234. The van der Waals surface area contributed by atoms with Crippen LogP contribution in [0.15, 0.2) is 89.8 Å². The number of hydrogen-bond donors (Lipinski definition) is 3. The Kier molecular flexibility index (Phi) is 11.4. The molecule has 0 aliphatic carbocycles. The number of amides is 3. The van der Waals surface area contributed by atoms with Gasteiger partial charge in [0.1, 0.15) is 11.9 Å². The molecule has 0 bridgehead atoms. The lowest BCUT2D eigenvalue weighted by atomic mass is 10.1. The van der Waals surface area contributed by atoms with Gasteiger partial charge in [0.15, 0.2) is 12.2 Å². The van der Waals surface area contributed by atoms with Crippen molar-refractivity contribution in [2.75, 3.05) is 30.8 Å². The third-order valence-corrected chi connectivity index (χ3v) is 6.93. The SMILES string of the molecule is COc1cc(NC(=O)Nc2cccc(CNC(=O)O[C@H](CN(CC(C)C)C(C)C)c3ccccc3)c2)ccc1-c1cnco1. The summed E-state index contributed by atoms with van der Waals surface area (Å²) in [5.74, 6) is 1.58. The molecular formula is C34H41N5O5. The van der Waals surface area contributed by atoms with E-state index >= 15 is 0 Å². The number of alkyl carbamates (subject to hydrolysis) is 1. The first-order chi connectivity index (χ1) is 21.2. The number of ether oxygens (including phenoxy) is 2. The number of urea groups is 1. The van der Waals surface area contributed by atoms with Crippen molar-refractivity contribution in [1.29, 1.82) is 0 Å². The fourth-order valence-corrected chi connectivity index (χ4v) is 4.78. The van der Waals surface area contributed by atoms with Crippen LogP contribution in [0.2, 0.25) is 0 Å². The number of nitrogens with one attached hydrogen (secondary N) is 3. The monoisotopic (exact) mass is 599 g/mol. The largest absolute Gasteiger partial charge is 0.496 e. The standard InChI is InChI=1S/C34H41N5O5/c1-23(2)20-39(24(3)4)21-32(26-11-7-6-8-12-26)44-34(41)36-18-25-10-9-13-27(16-25)37-33(40)38-28-14-15-29(30(17-28)42-5)31-19-35-22-43-31/h6-17,19,22-24,32H,18,20-21H2,1-5H3,(H,36,41)(H2,37,38,40)/t32-/m1/s1. The zero-order chi connectivity index (χ0) is 31.5. The Hall–Kier alpha value is -4.83. The Balaban J connectivity index is 1.34. The summed E-state index contributed by atoms with van der Waals surface area (Å²) in [6.07, 6.45) is 2.01. The molecule has 4 aromatic rings. The van der Waals surface area contributed by atoms with Gasteiger partial charge in [-0.25, -0.2) is 14.6 Å². The normalized spacial score (nSPS) is 11.8. The molecule has 44 heavy (non-hydrogen) atoms. The zero-order valence-corrected chi connectivity index (χ0v) is 25.9. The maximum Gasteiger partial charge on any atom is 0.408 e. The molecular weight excluding hydrogens is 558 g/mol. The quantitative estimate of drug-likeness (QED) is 0.147. The fourth-order valence-electron chi connectivity index (χ4n) is 4.78. The van der Waals surface area contributed by atoms with Crippen LogP contribution in [0.25, 0.3) is 11.3 Å². The molecule has 1 aromatic heterocycles. The Labute approximate surface area is 258 Å². The number of carbonyl (C=O) groups is 2. The summed E-state index contributed by atoms with van der Waals surface area (Å²) in [5, 5.41) is 8.50. The molecule has 0 saturated carbocycles. The summed E-state index contributed by atoms with van der Waals surface area (Å²) in [5.41, 5.74) is 3.58. The van der Waals surface area contributed by atoms with E-state index in [1.54, 1.807) is 43.6 Å². The molecule has 3 amide bonds. The van der Waals surface area contributed by atoms with Crippen LogP contribution >= 0.6 is 0 Å². The van der Waals surface area contributed by atoms with Crippen molar-refractivity contribution in [2.24, 2.45) is 5.92 Å². The third kappa shape index (κ3) is 9.34. The molecule has 1 atom stereocenters. The van der Waals surface area contributed by atoms with Crippen LogP contribution < -0.4 is 20.7 Å². The van der Waals surface area contributed by atoms with E-state index in [0.29, 0.717) is 41.4 Å². The van der Waals surface area contributed by atoms with E-state index in [2.05, 4.69) is 53.5 Å². The van der Waals surface area contributed by atoms with Crippen LogP contribution in [-0.4, -0.2) is 48.2 Å². The van der Waals surface area contributed by atoms with Crippen LogP contribution in [0.3, 0.4) is 0 Å². The van der Waals surface area contributed by atoms with Crippen molar-refractivity contribution in [3.8, 4) is 17.1 Å². The highest BCUT2D eigenvalue weighted by Gasteiger charge is 2.22. The molecule has 0 saturated heterocycles. The number of aromatic nitrogens is 1. The number of carbonyl (C=O) groups excluding carboxylic acids is 2. The molecule has 4 rings (SSSR count). The summed E-state index contributed by atoms with van der Waals surface area (Å²) in [7, 11) is 1.55. The van der Waals surface area contributed by atoms with Crippen LogP contribution in [0.1, 0.15) is 44.9 Å². The highest BCUT2D eigenvalue weighted by molar-refractivity contribution is 6.00. The molecule has 0 unspecified atom stereocenters. The zero-order valence-electron chi connectivity index (χ0n) is 25.9. The molecule has 10 nitrogen and oxygen atoms in total. The first-order valence-electron chi connectivity index (χ1n) is 14.7. The first kappa shape index (κ1) is 32.1. The van der Waals surface area contributed by atoms with Crippen LogP contribution in [0.5, 0.6) is 5.75 Å². The van der Waals surface area contributed by atoms with E-state index in [0.717, 1.165) is 23.2 Å². The van der Waals surface area contributed by atoms with E-state index in [-0.39, 0.29) is 6.54 Å². The number of hydrogen-bond acceptors (Lipinski definition) is 7. The molecule has 232 valence electrons. The van der Waals surface area contributed by atoms with Crippen molar-refractivity contribution >= 4 is 23.5 Å². The molecule has 0 aliphatic heterocycles. The van der Waals surface area contributed by atoms with Crippen molar-refractivity contribution in [1.82, 2.24) is 15.2 Å². The van der Waals surface area contributed by atoms with Gasteiger partial charge in [-0.1, -0.05) is 56.3 Å². The Bertz CT molecular complexity index is 1490. The van der Waals surface area contributed by atoms with Gasteiger partial charge in [0.25, 0.3) is 0 Å². The van der Waals surface area contributed by atoms with Gasteiger partial charge in [-0.05, 0) is 55.2 Å². The predicted octanol–water partition coefficient (Wildman–Crippen LogP) is 7.33. The molecule has 3 aromatic carbocycles. The van der Waals surface area contributed by atoms with E-state index < -0.39 is 18.2 Å². The van der Waals surface area contributed by atoms with Gasteiger partial charge in [0.05, 0.1) is 18.9 Å². The van der Waals surface area contributed by atoms with Crippen molar-refractivity contribution < 1.29 is 23.5 Å². The highest BCUT2D eigenvalue weighted by Crippen LogP contribution is 2.32. The lowest BCUT2D eigenvalue weighted by Gasteiger charge is -2.32. The van der Waals surface area contributed by atoms with E-state index in [9.17, 15) is 9.59 Å². The molecule has 0 aliphatic rings. The molecule has 0 radical (unpaired) electrons. The molecule has 10 heteroatoms. The minimum Gasteiger partial charge on any atom is -0.496 e. The van der Waals surface area contributed by atoms with Gasteiger partial charge in [0.2, 0.25) is 0 Å². The lowest BCUT2D eigenvalue weighted by molar-refractivity contribution is 0.0560. The number of anilines is 2. The van der Waals surface area contributed by atoms with Gasteiger partial charge in [-0.3, -0.25) is 4.90 Å². The molecule has 0 fully saturated rings. The molecule has 1 heterocycles. The topological polar surface area (TPSA) is 118 Å². The smallest absolute Gasteiger partial charge is 0.408 e. The van der Waals surface area contributed by atoms with Gasteiger partial charge in [-0.2, -0.15) is 0 Å². The second kappa shape index (κ2) is 15.6. The summed E-state index contributed by atoms with van der Waals surface area (Å²) >= 11 is 0. The second-order valence-corrected chi connectivity index (χ2v) is 11.2. The average molecular weight is 600 g/mol. The first-order valence-corrected chi connectivity index (χ1v) is 14.7. The number of rotatable bonds is 13. The molecule has 3 N–H and O–H groups in total. The summed E-state index contributed by atoms with van der Waals surface area (Å²) in [6, 6.07) is 22.2. The van der Waals surface area contributed by atoms with Gasteiger partial charge >= 0.3 is 12.1 Å². The van der Waals surface area contributed by atoms with Crippen molar-refractivity contribution in [3.63, 3.8) is 0 Å². The van der Waals surface area contributed by atoms with E-state index in [1.807, 2.05) is 42.5 Å². The second-order valence-electron chi connectivity index (χ2n) is 11.2. The number of oxazole rings is 1. The minimum atomic E-state index is -0.508. The average Bonchev–Trinajstić information content (AvgIpc) is 3.54. The Morgan fingerprint density at radius 1 is 0.909 bits per heavy atom. The van der Waals surface area contributed by atoms with Crippen LogP contribution in [-0.2, 0) is 11.3 Å². The molecule has 0 spiro atoms. The third-order valence-electron chi connectivity index (χ3n) is 6.93. The summed E-state index contributed by atoms with van der Waals surface area (Å²) in [6.45, 7) is 10.4. The fraction of sp³-hybridized carbons (Fsp3) is 0.324. The lowest BCUT2D eigenvalue weighted by Crippen LogP contribution is -2.39. The maximum atomic E-state index is 12.9. The number of methoxy groups -OCH3 is 1.